The molecule has 0 amide bonds. The average Bonchev–Trinajstić information content (AvgIpc) is 3.99. The van der Waals surface area contributed by atoms with Crippen molar-refractivity contribution < 1.29 is 4.42 Å². The second-order valence-corrected chi connectivity index (χ2v) is 15.6. The van der Waals surface area contributed by atoms with E-state index in [2.05, 4.69) is 117 Å². The summed E-state index contributed by atoms with van der Waals surface area (Å²) in [5.41, 5.74) is 11.2. The highest BCUT2D eigenvalue weighted by Crippen LogP contribution is 2.54. The first-order valence-electron chi connectivity index (χ1n) is 20.2. The summed E-state index contributed by atoms with van der Waals surface area (Å²) in [6.07, 6.45) is 1.88. The van der Waals surface area contributed by atoms with E-state index in [4.69, 9.17) is 9.40 Å². The SMILES string of the molecule is [C-]#[N+]c1c(-c2ccccc2)c(C#N)c(-n2c3ccccc3c3ccc4c5ccccc5oc4c32)c(-c2ccccc2)c1-n1c2cccc3c4ccccc4c4nccc1c4c32. The molecule has 0 fully saturated rings. The van der Waals surface area contributed by atoms with Gasteiger partial charge in [-0.1, -0.05) is 140 Å². The number of rotatable bonds is 4. The number of fused-ring (bicyclic) bond motifs is 10. The van der Waals surface area contributed by atoms with E-state index in [9.17, 15) is 11.8 Å². The highest BCUT2D eigenvalue weighted by molar-refractivity contribution is 6.34. The molecule has 0 aliphatic heterocycles. The van der Waals surface area contributed by atoms with Gasteiger partial charge in [-0.15, -0.1) is 0 Å². The molecule has 0 N–H and O–H groups in total. The van der Waals surface area contributed by atoms with Crippen LogP contribution in [0.3, 0.4) is 0 Å². The molecule has 4 heterocycles. The maximum absolute atomic E-state index is 11.8. The minimum absolute atomic E-state index is 0.388. The molecule has 4 aromatic heterocycles. The van der Waals surface area contributed by atoms with E-state index >= 15 is 0 Å². The number of furan rings is 1. The summed E-state index contributed by atoms with van der Waals surface area (Å²) in [6, 6.07) is 60.6. The van der Waals surface area contributed by atoms with Crippen molar-refractivity contribution in [1.29, 1.82) is 5.26 Å². The molecule has 0 atom stereocenters. The van der Waals surface area contributed by atoms with Crippen LogP contribution < -0.4 is 0 Å². The summed E-state index contributed by atoms with van der Waals surface area (Å²) >= 11 is 0. The van der Waals surface area contributed by atoms with Crippen LogP contribution in [0, 0.1) is 17.9 Å². The molecule has 0 bridgehead atoms. The third kappa shape index (κ3) is 4.35. The van der Waals surface area contributed by atoms with E-state index in [0.29, 0.717) is 28.2 Å². The molecule has 0 aliphatic carbocycles. The number of nitriles is 1. The highest BCUT2D eigenvalue weighted by Gasteiger charge is 2.33. The Morgan fingerprint density at radius 1 is 0.508 bits per heavy atom. The Bertz CT molecular complexity index is 3980. The van der Waals surface area contributed by atoms with Crippen LogP contribution in [0.15, 0.2) is 180 Å². The van der Waals surface area contributed by atoms with Crippen molar-refractivity contribution in [3.05, 3.63) is 193 Å². The molecule has 0 radical (unpaired) electrons. The Morgan fingerprint density at radius 2 is 1.13 bits per heavy atom. The van der Waals surface area contributed by atoms with Gasteiger partial charge >= 0.3 is 0 Å². The van der Waals surface area contributed by atoms with Gasteiger partial charge in [0.2, 0.25) is 5.69 Å². The van der Waals surface area contributed by atoms with Crippen LogP contribution in [-0.2, 0) is 0 Å². The van der Waals surface area contributed by atoms with Gasteiger partial charge in [0.05, 0.1) is 51.1 Å². The Labute approximate surface area is 348 Å². The number of aromatic nitrogens is 3. The molecule has 6 heteroatoms. The molecule has 9 aromatic carbocycles. The van der Waals surface area contributed by atoms with E-state index in [1.165, 1.54) is 0 Å². The van der Waals surface area contributed by atoms with Crippen molar-refractivity contribution in [2.75, 3.05) is 0 Å². The highest BCUT2D eigenvalue weighted by atomic mass is 16.3. The first kappa shape index (κ1) is 33.3. The van der Waals surface area contributed by atoms with Gasteiger partial charge in [0, 0.05) is 55.0 Å². The van der Waals surface area contributed by atoms with Gasteiger partial charge in [0.15, 0.2) is 5.58 Å². The first-order chi connectivity index (χ1) is 30.2. The fraction of sp³-hybridized carbons (Fsp3) is 0. The largest absolute Gasteiger partial charge is 0.454 e. The van der Waals surface area contributed by atoms with E-state index in [1.807, 2.05) is 79.0 Å². The summed E-state index contributed by atoms with van der Waals surface area (Å²) in [5, 5.41) is 21.2. The fourth-order valence-corrected chi connectivity index (χ4v) is 10.2. The molecule has 13 rings (SSSR count). The predicted octanol–water partition coefficient (Wildman–Crippen LogP) is 14.7. The quantitative estimate of drug-likeness (QED) is 0.132. The molecule has 6 nitrogen and oxygen atoms in total. The van der Waals surface area contributed by atoms with E-state index < -0.39 is 0 Å². The predicted molar refractivity (Wildman–Crippen MR) is 248 cm³/mol. The number of benzene rings is 9. The van der Waals surface area contributed by atoms with Crippen LogP contribution in [0.4, 0.5) is 5.69 Å². The van der Waals surface area contributed by atoms with Crippen LogP contribution in [0.25, 0.3) is 126 Å². The third-order valence-corrected chi connectivity index (χ3v) is 12.6. The monoisotopic (exact) mass is 775 g/mol. The van der Waals surface area contributed by atoms with Crippen molar-refractivity contribution in [3.8, 4) is 39.7 Å². The normalized spacial score (nSPS) is 11.9. The van der Waals surface area contributed by atoms with Crippen molar-refractivity contribution >= 4 is 92.9 Å². The lowest BCUT2D eigenvalue weighted by Crippen LogP contribution is -2.08. The summed E-state index contributed by atoms with van der Waals surface area (Å²) < 4.78 is 11.4. The van der Waals surface area contributed by atoms with Crippen molar-refractivity contribution in [2.45, 2.75) is 0 Å². The second kappa shape index (κ2) is 12.4. The molecule has 61 heavy (non-hydrogen) atoms. The van der Waals surface area contributed by atoms with Crippen LogP contribution >= 0.6 is 0 Å². The first-order valence-corrected chi connectivity index (χ1v) is 20.2. The van der Waals surface area contributed by atoms with E-state index in [0.717, 1.165) is 104 Å². The topological polar surface area (TPSA) is 64.0 Å². The zero-order valence-electron chi connectivity index (χ0n) is 32.4. The number of para-hydroxylation sites is 2. The molecule has 0 saturated carbocycles. The van der Waals surface area contributed by atoms with Crippen molar-refractivity contribution in [2.24, 2.45) is 0 Å². The van der Waals surface area contributed by atoms with Gasteiger partial charge in [-0.3, -0.25) is 4.98 Å². The summed E-state index contributed by atoms with van der Waals surface area (Å²) in [7, 11) is 0. The number of hydrogen-bond donors (Lipinski definition) is 0. The van der Waals surface area contributed by atoms with Crippen LogP contribution in [0.1, 0.15) is 5.56 Å². The van der Waals surface area contributed by atoms with Gasteiger partial charge < -0.3 is 13.6 Å². The summed E-state index contributed by atoms with van der Waals surface area (Å²) in [6.45, 7) is 9.17. The van der Waals surface area contributed by atoms with Crippen LogP contribution in [-0.4, -0.2) is 14.1 Å². The van der Waals surface area contributed by atoms with E-state index in [1.54, 1.807) is 0 Å². The Morgan fingerprint density at radius 3 is 1.90 bits per heavy atom. The molecular formula is C55H29N5O. The summed E-state index contributed by atoms with van der Waals surface area (Å²) in [4.78, 5) is 9.50. The zero-order valence-corrected chi connectivity index (χ0v) is 32.4. The van der Waals surface area contributed by atoms with Gasteiger partial charge in [0.25, 0.3) is 0 Å². The van der Waals surface area contributed by atoms with Gasteiger partial charge in [-0.05, 0) is 52.2 Å². The minimum Gasteiger partial charge on any atom is -0.454 e. The molecule has 13 aromatic rings. The maximum Gasteiger partial charge on any atom is 0.220 e. The Hall–Kier alpha value is -8.71. The van der Waals surface area contributed by atoms with E-state index in [-0.39, 0.29) is 0 Å². The third-order valence-electron chi connectivity index (χ3n) is 12.6. The smallest absolute Gasteiger partial charge is 0.220 e. The maximum atomic E-state index is 11.8. The minimum atomic E-state index is 0.388. The van der Waals surface area contributed by atoms with Gasteiger partial charge in [-0.2, -0.15) is 5.26 Å². The van der Waals surface area contributed by atoms with Crippen molar-refractivity contribution in [3.63, 3.8) is 0 Å². The van der Waals surface area contributed by atoms with Gasteiger partial charge in [-0.25, -0.2) is 4.85 Å². The molecule has 0 unspecified atom stereocenters. The Balaban J connectivity index is 1.34. The Kier molecular flexibility index (Phi) is 6.76. The lowest BCUT2D eigenvalue weighted by atomic mass is 9.88. The molecule has 0 spiro atoms. The number of pyridine rings is 1. The van der Waals surface area contributed by atoms with Crippen molar-refractivity contribution in [1.82, 2.24) is 14.1 Å². The van der Waals surface area contributed by atoms with Crippen LogP contribution in [0.5, 0.6) is 0 Å². The number of hydrogen-bond acceptors (Lipinski definition) is 3. The average molecular weight is 776 g/mol. The van der Waals surface area contributed by atoms with Gasteiger partial charge in [0.1, 0.15) is 11.7 Å². The number of nitrogens with zero attached hydrogens (tertiary/aromatic N) is 5. The molecule has 0 aliphatic rings. The lowest BCUT2D eigenvalue weighted by molar-refractivity contribution is 0.671. The van der Waals surface area contributed by atoms with Crippen LogP contribution in [0.2, 0.25) is 0 Å². The standard InChI is InChI=1S/C55H29N5O/c1-57-51-46(32-15-4-2-5-16-32)41(31-56)52(60-42-24-12-10-20-35(42)39-27-28-40-36-21-11-13-26-45(36)61-55(40)53(39)60)47(33-17-6-3-7-18-33)54(51)59-43-25-14-23-37-34-19-8-9-22-38(34)50-49(48(37)43)44(59)29-30-58-50/h2-30H. The summed E-state index contributed by atoms with van der Waals surface area (Å²) in [5.74, 6) is 0. The lowest BCUT2D eigenvalue weighted by Gasteiger charge is -2.25. The fourth-order valence-electron chi connectivity index (χ4n) is 10.2. The molecule has 0 saturated heterocycles. The molecule has 280 valence electrons. The zero-order chi connectivity index (χ0) is 40.3. The molecular weight excluding hydrogens is 747 g/mol. The second-order valence-electron chi connectivity index (χ2n) is 15.6.